The minimum Gasteiger partial charge on any atom is -0.508 e. The molecular formula is C18H28N2O2. The van der Waals surface area contributed by atoms with Gasteiger partial charge in [-0.3, -0.25) is 0 Å². The van der Waals surface area contributed by atoms with Gasteiger partial charge in [-0.15, -0.1) is 0 Å². The standard InChI is InChI=1S/C18H28N2O2/c1-3-18(4-2)13-20(12-14-7-9-19-10-8-14)16-11-15(21)5-6-17(16)22-18/h5-6,11,14,19,21H,3-4,7-10,12-13H2,1-2H3. The Balaban J connectivity index is 1.87. The fourth-order valence-electron chi connectivity index (χ4n) is 3.69. The molecule has 4 heteroatoms. The average molecular weight is 304 g/mol. The maximum atomic E-state index is 9.86. The molecule has 0 aromatic heterocycles. The van der Waals surface area contributed by atoms with E-state index in [-0.39, 0.29) is 5.60 Å². The summed E-state index contributed by atoms with van der Waals surface area (Å²) in [5, 5.41) is 13.3. The molecule has 0 bridgehead atoms. The summed E-state index contributed by atoms with van der Waals surface area (Å²) in [4.78, 5) is 2.45. The predicted octanol–water partition coefficient (Wildman–Crippen LogP) is 3.15. The van der Waals surface area contributed by atoms with E-state index in [1.807, 2.05) is 12.1 Å². The van der Waals surface area contributed by atoms with Crippen molar-refractivity contribution in [3.63, 3.8) is 0 Å². The van der Waals surface area contributed by atoms with Crippen LogP contribution in [0.2, 0.25) is 0 Å². The lowest BCUT2D eigenvalue weighted by Crippen LogP contribution is -2.52. The number of fused-ring (bicyclic) bond motifs is 1. The topological polar surface area (TPSA) is 44.7 Å². The smallest absolute Gasteiger partial charge is 0.143 e. The van der Waals surface area contributed by atoms with Gasteiger partial charge in [0.1, 0.15) is 17.1 Å². The van der Waals surface area contributed by atoms with E-state index < -0.39 is 0 Å². The second-order valence-electron chi connectivity index (χ2n) is 6.72. The highest BCUT2D eigenvalue weighted by molar-refractivity contribution is 5.63. The van der Waals surface area contributed by atoms with E-state index >= 15 is 0 Å². The van der Waals surface area contributed by atoms with Crippen LogP contribution in [0.15, 0.2) is 18.2 Å². The number of ether oxygens (including phenoxy) is 1. The monoisotopic (exact) mass is 304 g/mol. The Morgan fingerprint density at radius 1 is 1.27 bits per heavy atom. The molecule has 1 aromatic carbocycles. The first-order valence-electron chi connectivity index (χ1n) is 8.63. The van der Waals surface area contributed by atoms with Crippen LogP contribution in [0.3, 0.4) is 0 Å². The van der Waals surface area contributed by atoms with Crippen LogP contribution in [-0.4, -0.2) is 36.9 Å². The van der Waals surface area contributed by atoms with Gasteiger partial charge in [0.2, 0.25) is 0 Å². The predicted molar refractivity (Wildman–Crippen MR) is 89.9 cm³/mol. The van der Waals surface area contributed by atoms with Crippen LogP contribution < -0.4 is 15.0 Å². The highest BCUT2D eigenvalue weighted by Gasteiger charge is 2.37. The molecular weight excluding hydrogens is 276 g/mol. The van der Waals surface area contributed by atoms with Gasteiger partial charge in [-0.1, -0.05) is 13.8 Å². The van der Waals surface area contributed by atoms with E-state index in [2.05, 4.69) is 24.1 Å². The van der Waals surface area contributed by atoms with Gasteiger partial charge in [-0.05, 0) is 56.8 Å². The zero-order valence-electron chi connectivity index (χ0n) is 13.8. The molecule has 0 atom stereocenters. The molecule has 0 amide bonds. The van der Waals surface area contributed by atoms with E-state index in [0.717, 1.165) is 56.4 Å². The third-order valence-corrected chi connectivity index (χ3v) is 5.31. The molecule has 1 saturated heterocycles. The minimum atomic E-state index is -0.100. The van der Waals surface area contributed by atoms with Crippen LogP contribution >= 0.6 is 0 Å². The minimum absolute atomic E-state index is 0.100. The fraction of sp³-hybridized carbons (Fsp3) is 0.667. The highest BCUT2D eigenvalue weighted by atomic mass is 16.5. The largest absolute Gasteiger partial charge is 0.508 e. The number of benzene rings is 1. The van der Waals surface area contributed by atoms with Gasteiger partial charge in [0.15, 0.2) is 0 Å². The molecule has 0 saturated carbocycles. The Bertz CT molecular complexity index is 508. The van der Waals surface area contributed by atoms with Gasteiger partial charge in [0, 0.05) is 12.6 Å². The molecule has 3 rings (SSSR count). The first kappa shape index (κ1) is 15.5. The third-order valence-electron chi connectivity index (χ3n) is 5.31. The molecule has 0 radical (unpaired) electrons. The molecule has 0 unspecified atom stereocenters. The lowest BCUT2D eigenvalue weighted by molar-refractivity contribution is 0.0560. The van der Waals surface area contributed by atoms with Crippen molar-refractivity contribution in [2.24, 2.45) is 5.92 Å². The van der Waals surface area contributed by atoms with Crippen LogP contribution in [0.1, 0.15) is 39.5 Å². The van der Waals surface area contributed by atoms with Gasteiger partial charge in [-0.2, -0.15) is 0 Å². The van der Waals surface area contributed by atoms with Crippen molar-refractivity contribution in [2.75, 3.05) is 31.1 Å². The SMILES string of the molecule is CCC1(CC)CN(CC2CCNCC2)c2cc(O)ccc2O1. The van der Waals surface area contributed by atoms with Crippen LogP contribution in [0.4, 0.5) is 5.69 Å². The summed E-state index contributed by atoms with van der Waals surface area (Å²) in [5.74, 6) is 1.96. The van der Waals surface area contributed by atoms with Crippen molar-refractivity contribution >= 4 is 5.69 Å². The molecule has 1 aromatic rings. The highest BCUT2D eigenvalue weighted by Crippen LogP contribution is 2.42. The molecule has 2 aliphatic rings. The molecule has 0 aliphatic carbocycles. The molecule has 2 N–H and O–H groups in total. The Morgan fingerprint density at radius 2 is 2.00 bits per heavy atom. The second-order valence-corrected chi connectivity index (χ2v) is 6.72. The first-order valence-corrected chi connectivity index (χ1v) is 8.63. The van der Waals surface area contributed by atoms with Crippen LogP contribution in [0.25, 0.3) is 0 Å². The van der Waals surface area contributed by atoms with Gasteiger partial charge >= 0.3 is 0 Å². The van der Waals surface area contributed by atoms with Gasteiger partial charge in [0.05, 0.1) is 12.2 Å². The van der Waals surface area contributed by atoms with Crippen molar-refractivity contribution in [3.05, 3.63) is 18.2 Å². The molecule has 4 nitrogen and oxygen atoms in total. The third kappa shape index (κ3) is 3.02. The molecule has 0 spiro atoms. The normalized spacial score (nSPS) is 21.3. The number of phenols is 1. The number of rotatable bonds is 4. The van der Waals surface area contributed by atoms with E-state index in [1.165, 1.54) is 12.8 Å². The van der Waals surface area contributed by atoms with Crippen molar-refractivity contribution in [1.29, 1.82) is 0 Å². The number of nitrogens with one attached hydrogen (secondary N) is 1. The Labute approximate surface area is 133 Å². The molecule has 2 heterocycles. The number of nitrogens with zero attached hydrogens (tertiary/aromatic N) is 1. The summed E-state index contributed by atoms with van der Waals surface area (Å²) in [7, 11) is 0. The lowest BCUT2D eigenvalue weighted by atomic mass is 9.91. The summed E-state index contributed by atoms with van der Waals surface area (Å²) >= 11 is 0. The van der Waals surface area contributed by atoms with Crippen molar-refractivity contribution in [3.8, 4) is 11.5 Å². The van der Waals surface area contributed by atoms with Gasteiger partial charge < -0.3 is 20.1 Å². The van der Waals surface area contributed by atoms with E-state index in [4.69, 9.17) is 4.74 Å². The van der Waals surface area contributed by atoms with Crippen molar-refractivity contribution < 1.29 is 9.84 Å². The number of phenolic OH excluding ortho intramolecular Hbond substituents is 1. The zero-order valence-corrected chi connectivity index (χ0v) is 13.8. The van der Waals surface area contributed by atoms with Crippen LogP contribution in [-0.2, 0) is 0 Å². The summed E-state index contributed by atoms with van der Waals surface area (Å²) in [6.45, 7) is 8.63. The number of anilines is 1. The summed E-state index contributed by atoms with van der Waals surface area (Å²) in [6.07, 6.45) is 4.48. The van der Waals surface area contributed by atoms with Crippen LogP contribution in [0, 0.1) is 5.92 Å². The Kier molecular flexibility index (Phi) is 4.48. The number of hydrogen-bond donors (Lipinski definition) is 2. The van der Waals surface area contributed by atoms with E-state index in [9.17, 15) is 5.11 Å². The van der Waals surface area contributed by atoms with Gasteiger partial charge in [-0.25, -0.2) is 0 Å². The summed E-state index contributed by atoms with van der Waals surface area (Å²) in [5.41, 5.74) is 0.952. The molecule has 22 heavy (non-hydrogen) atoms. The lowest BCUT2D eigenvalue weighted by Gasteiger charge is -2.45. The van der Waals surface area contributed by atoms with Gasteiger partial charge in [0.25, 0.3) is 0 Å². The molecule has 2 aliphatic heterocycles. The fourth-order valence-corrected chi connectivity index (χ4v) is 3.69. The van der Waals surface area contributed by atoms with Crippen molar-refractivity contribution in [2.45, 2.75) is 45.1 Å². The number of hydrogen-bond acceptors (Lipinski definition) is 4. The Morgan fingerprint density at radius 3 is 2.68 bits per heavy atom. The summed E-state index contributed by atoms with van der Waals surface area (Å²) in [6, 6.07) is 5.49. The Hall–Kier alpha value is -1.42. The first-order chi connectivity index (χ1) is 10.7. The van der Waals surface area contributed by atoms with Crippen LogP contribution in [0.5, 0.6) is 11.5 Å². The van der Waals surface area contributed by atoms with E-state index in [1.54, 1.807) is 6.07 Å². The summed E-state index contributed by atoms with van der Waals surface area (Å²) < 4.78 is 6.33. The van der Waals surface area contributed by atoms with Crippen molar-refractivity contribution in [1.82, 2.24) is 5.32 Å². The zero-order chi connectivity index (χ0) is 15.6. The molecule has 122 valence electrons. The quantitative estimate of drug-likeness (QED) is 0.897. The number of aromatic hydroxyl groups is 1. The number of piperidine rings is 1. The average Bonchev–Trinajstić information content (AvgIpc) is 2.56. The molecule has 1 fully saturated rings. The maximum Gasteiger partial charge on any atom is 0.143 e. The van der Waals surface area contributed by atoms with E-state index in [0.29, 0.717) is 5.75 Å². The maximum absolute atomic E-state index is 9.86. The second kappa shape index (κ2) is 6.37.